The van der Waals surface area contributed by atoms with Crippen LogP contribution in [-0.2, 0) is 4.79 Å². The van der Waals surface area contributed by atoms with Gasteiger partial charge in [0.1, 0.15) is 0 Å². The van der Waals surface area contributed by atoms with Crippen molar-refractivity contribution >= 4 is 5.91 Å². The Hall–Kier alpha value is -0.870. The number of amides is 1. The van der Waals surface area contributed by atoms with Crippen molar-refractivity contribution in [2.75, 3.05) is 33.2 Å². The summed E-state index contributed by atoms with van der Waals surface area (Å²) in [6.07, 6.45) is 9.66. The summed E-state index contributed by atoms with van der Waals surface area (Å²) in [6, 6.07) is 0. The van der Waals surface area contributed by atoms with Crippen LogP contribution in [0.2, 0.25) is 0 Å². The minimum Gasteiger partial charge on any atom is -0.390 e. The Bertz CT molecular complexity index is 725. The van der Waals surface area contributed by atoms with Crippen LogP contribution in [0, 0.1) is 28.6 Å². The Morgan fingerprint density at radius 1 is 1.10 bits per heavy atom. The zero-order valence-corrected chi connectivity index (χ0v) is 20.3. The number of nitrogens with zero attached hydrogens (tertiary/aromatic N) is 2. The highest BCUT2D eigenvalue weighted by Gasteiger charge is 2.62. The topological polar surface area (TPSA) is 40.5 Å². The largest absolute Gasteiger partial charge is 0.390 e. The highest BCUT2D eigenvalue weighted by atomic mass is 16.3. The van der Waals surface area contributed by atoms with Crippen LogP contribution in [0.4, 0.5) is 0 Å². The Morgan fingerprint density at radius 3 is 2.43 bits per heavy atom. The van der Waals surface area contributed by atoms with Crippen LogP contribution in [-0.4, -0.2) is 59.2 Å². The van der Waals surface area contributed by atoms with Gasteiger partial charge in [-0.1, -0.05) is 19.9 Å². The highest BCUT2D eigenvalue weighted by molar-refractivity contribution is 5.80. The van der Waals surface area contributed by atoms with Crippen LogP contribution in [0.1, 0.15) is 79.6 Å². The average molecular weight is 418 g/mol. The van der Waals surface area contributed by atoms with Crippen molar-refractivity contribution in [3.05, 3.63) is 11.8 Å². The number of rotatable bonds is 5. The second-order valence-corrected chi connectivity index (χ2v) is 11.9. The van der Waals surface area contributed by atoms with E-state index in [0.29, 0.717) is 30.1 Å². The van der Waals surface area contributed by atoms with Crippen LogP contribution < -0.4 is 0 Å². The third kappa shape index (κ3) is 3.11. The van der Waals surface area contributed by atoms with Crippen molar-refractivity contribution in [3.8, 4) is 0 Å². The smallest absolute Gasteiger partial charge is 0.226 e. The predicted octanol–water partition coefficient (Wildman–Crippen LogP) is 4.58. The molecule has 6 atom stereocenters. The van der Waals surface area contributed by atoms with E-state index in [1.807, 2.05) is 0 Å². The van der Waals surface area contributed by atoms with Crippen molar-refractivity contribution in [2.45, 2.75) is 85.2 Å². The number of hydrogen-bond donors (Lipinski definition) is 1. The van der Waals surface area contributed by atoms with Crippen LogP contribution in [0.5, 0.6) is 0 Å². The molecule has 0 radical (unpaired) electrons. The molecule has 0 spiro atoms. The Balaban J connectivity index is 1.61. The minimum absolute atomic E-state index is 0.0571. The molecule has 0 bridgehead atoms. The van der Waals surface area contributed by atoms with E-state index in [1.54, 1.807) is 0 Å². The van der Waals surface area contributed by atoms with E-state index in [9.17, 15) is 9.90 Å². The second kappa shape index (κ2) is 7.33. The molecule has 4 aliphatic rings. The first-order valence-corrected chi connectivity index (χ1v) is 12.6. The third-order valence-electron chi connectivity index (χ3n) is 10.8. The van der Waals surface area contributed by atoms with Gasteiger partial charge in [0.2, 0.25) is 5.91 Å². The molecule has 0 aromatic rings. The van der Waals surface area contributed by atoms with Crippen LogP contribution in [0.3, 0.4) is 0 Å². The van der Waals surface area contributed by atoms with Crippen molar-refractivity contribution in [3.63, 3.8) is 0 Å². The molecular formula is C26H45N2O2+. The molecule has 1 saturated heterocycles. The van der Waals surface area contributed by atoms with Crippen molar-refractivity contribution < 1.29 is 14.4 Å². The number of carbonyl (C=O) groups is 1. The molecule has 0 aromatic carbocycles. The van der Waals surface area contributed by atoms with Gasteiger partial charge in [0.15, 0.2) is 0 Å². The van der Waals surface area contributed by atoms with E-state index in [1.165, 1.54) is 12.1 Å². The number of piperidine rings is 1. The highest BCUT2D eigenvalue weighted by Crippen LogP contribution is 2.66. The average Bonchev–Trinajstić information content (AvgIpc) is 2.96. The summed E-state index contributed by atoms with van der Waals surface area (Å²) in [5.74, 6) is 2.26. The third-order valence-corrected chi connectivity index (χ3v) is 10.8. The van der Waals surface area contributed by atoms with Gasteiger partial charge in [-0.25, -0.2) is 0 Å². The Labute approximate surface area is 184 Å². The van der Waals surface area contributed by atoms with E-state index in [-0.39, 0.29) is 10.8 Å². The molecule has 1 N–H and O–H groups in total. The van der Waals surface area contributed by atoms with E-state index in [0.717, 1.165) is 62.8 Å². The number of likely N-dealkylation sites (N-methyl/N-ethyl adjacent to an activating group) is 1. The minimum atomic E-state index is -0.523. The van der Waals surface area contributed by atoms with Gasteiger partial charge in [-0.05, 0) is 82.5 Å². The van der Waals surface area contributed by atoms with Crippen LogP contribution in [0.25, 0.3) is 0 Å². The Kier molecular flexibility index (Phi) is 5.46. The summed E-state index contributed by atoms with van der Waals surface area (Å²) >= 11 is 0. The maximum atomic E-state index is 13.0. The van der Waals surface area contributed by atoms with Crippen molar-refractivity contribution in [1.29, 1.82) is 0 Å². The number of hydrogen-bond acceptors (Lipinski definition) is 2. The lowest BCUT2D eigenvalue weighted by atomic mass is 9.48. The first-order chi connectivity index (χ1) is 14.0. The molecule has 4 heteroatoms. The molecular weight excluding hydrogens is 372 g/mol. The van der Waals surface area contributed by atoms with Gasteiger partial charge in [-0.15, -0.1) is 0 Å². The first kappa shape index (κ1) is 22.3. The van der Waals surface area contributed by atoms with E-state index in [2.05, 4.69) is 52.6 Å². The van der Waals surface area contributed by atoms with Gasteiger partial charge in [0.25, 0.3) is 0 Å². The summed E-state index contributed by atoms with van der Waals surface area (Å²) in [5.41, 5.74) is 0.993. The maximum Gasteiger partial charge on any atom is 0.226 e. The molecule has 1 amide bonds. The normalized spacial score (nSPS) is 43.7. The summed E-state index contributed by atoms with van der Waals surface area (Å²) in [6.45, 7) is 15.5. The summed E-state index contributed by atoms with van der Waals surface area (Å²) < 4.78 is 1.02. The van der Waals surface area contributed by atoms with Gasteiger partial charge in [-0.2, -0.15) is 0 Å². The molecule has 1 heterocycles. The standard InChI is InChI=1S/C26H45N2O2/c1-7-28(6,8-2)18-17-27-22-10-9-19-20(24(22,3)14-13-23(27)29)11-15-25(4)21(19)12-16-26(25,5)30/h10,19-21,30H,7-9,11-18H2,1-6H3/q+1/t19-,20+,21-,24+,25-,26-/m1/s1. The molecule has 0 aromatic heterocycles. The predicted molar refractivity (Wildman–Crippen MR) is 122 cm³/mol. The lowest BCUT2D eigenvalue weighted by Crippen LogP contribution is -2.57. The van der Waals surface area contributed by atoms with Gasteiger partial charge in [0, 0.05) is 17.5 Å². The monoisotopic (exact) mass is 417 g/mol. The number of carbonyl (C=O) groups excluding carboxylic acids is 1. The van der Waals surface area contributed by atoms with E-state index < -0.39 is 5.60 Å². The van der Waals surface area contributed by atoms with Crippen molar-refractivity contribution in [1.82, 2.24) is 4.90 Å². The van der Waals surface area contributed by atoms with E-state index >= 15 is 0 Å². The fourth-order valence-electron chi connectivity index (χ4n) is 7.82. The second-order valence-electron chi connectivity index (χ2n) is 11.9. The van der Waals surface area contributed by atoms with Crippen LogP contribution >= 0.6 is 0 Å². The molecule has 3 fully saturated rings. The van der Waals surface area contributed by atoms with Gasteiger partial charge in [0.05, 0.1) is 38.8 Å². The molecule has 0 unspecified atom stereocenters. The molecule has 4 nitrogen and oxygen atoms in total. The maximum absolute atomic E-state index is 13.0. The molecule has 1 aliphatic heterocycles. The molecule has 4 rings (SSSR count). The lowest BCUT2D eigenvalue weighted by molar-refractivity contribution is -0.905. The quantitative estimate of drug-likeness (QED) is 0.665. The molecule has 30 heavy (non-hydrogen) atoms. The summed E-state index contributed by atoms with van der Waals surface area (Å²) in [5, 5.41) is 11.1. The first-order valence-electron chi connectivity index (χ1n) is 12.6. The van der Waals surface area contributed by atoms with Gasteiger partial charge in [-0.3, -0.25) is 4.79 Å². The van der Waals surface area contributed by atoms with E-state index in [4.69, 9.17) is 0 Å². The lowest BCUT2D eigenvalue weighted by Gasteiger charge is -2.59. The number of allylic oxidation sites excluding steroid dienone is 2. The zero-order valence-electron chi connectivity index (χ0n) is 20.3. The molecule has 2 saturated carbocycles. The number of quaternary nitrogens is 1. The summed E-state index contributed by atoms with van der Waals surface area (Å²) in [4.78, 5) is 15.2. The summed E-state index contributed by atoms with van der Waals surface area (Å²) in [7, 11) is 2.31. The Morgan fingerprint density at radius 2 is 1.77 bits per heavy atom. The van der Waals surface area contributed by atoms with Crippen molar-refractivity contribution in [2.24, 2.45) is 28.6 Å². The number of likely N-dealkylation sites (tertiary alicyclic amines) is 1. The number of fused-ring (bicyclic) bond motifs is 5. The molecule has 170 valence electrons. The van der Waals surface area contributed by atoms with Gasteiger partial charge < -0.3 is 14.5 Å². The van der Waals surface area contributed by atoms with Crippen LogP contribution in [0.15, 0.2) is 11.8 Å². The zero-order chi connectivity index (χ0) is 21.9. The SMILES string of the molecule is CC[N+](C)(CC)CCN1C(=O)CC[C@]2(C)C1=CC[C@H]1[C@H]3CC[C@@](C)(O)[C@]3(C)CC[C@@H]12. The fraction of sp³-hybridized carbons (Fsp3) is 0.885. The molecule has 3 aliphatic carbocycles. The van der Waals surface area contributed by atoms with Gasteiger partial charge >= 0.3 is 0 Å². The fourth-order valence-corrected chi connectivity index (χ4v) is 7.82. The number of aliphatic hydroxyl groups is 1.